The second-order valence-corrected chi connectivity index (χ2v) is 3.65. The summed E-state index contributed by atoms with van der Waals surface area (Å²) in [6.45, 7) is 7.53. The monoisotopic (exact) mass is 258 g/mol. The normalized spacial score (nSPS) is 9.83. The van der Waals surface area contributed by atoms with Crippen LogP contribution >= 0.6 is 0 Å². The molecule has 0 aromatic heterocycles. The van der Waals surface area contributed by atoms with Crippen LogP contribution in [0.5, 0.6) is 0 Å². The van der Waals surface area contributed by atoms with Crippen molar-refractivity contribution in [3.63, 3.8) is 0 Å². The van der Waals surface area contributed by atoms with E-state index in [9.17, 15) is 9.59 Å². The van der Waals surface area contributed by atoms with E-state index in [1.807, 2.05) is 6.92 Å². The maximum atomic E-state index is 11.6. The van der Waals surface area contributed by atoms with Gasteiger partial charge in [-0.3, -0.25) is 4.79 Å². The van der Waals surface area contributed by atoms with E-state index in [1.165, 1.54) is 4.90 Å². The predicted molar refractivity (Wildman–Crippen MR) is 68.5 cm³/mol. The molecule has 6 heteroatoms. The molecular weight excluding hydrogens is 236 g/mol. The van der Waals surface area contributed by atoms with Gasteiger partial charge in [-0.15, -0.1) is 6.58 Å². The van der Waals surface area contributed by atoms with E-state index in [2.05, 4.69) is 11.9 Å². The average molecular weight is 258 g/mol. The van der Waals surface area contributed by atoms with Gasteiger partial charge in [-0.1, -0.05) is 6.08 Å². The number of nitrogens with zero attached hydrogens (tertiary/aromatic N) is 1. The van der Waals surface area contributed by atoms with E-state index in [-0.39, 0.29) is 19.0 Å². The molecule has 0 aliphatic carbocycles. The Morgan fingerprint density at radius 1 is 1.44 bits per heavy atom. The van der Waals surface area contributed by atoms with E-state index >= 15 is 0 Å². The minimum atomic E-state index is -0.908. The van der Waals surface area contributed by atoms with Crippen LogP contribution in [0.3, 0.4) is 0 Å². The molecule has 0 spiro atoms. The number of rotatable bonds is 10. The first-order valence-electron chi connectivity index (χ1n) is 6.05. The zero-order valence-corrected chi connectivity index (χ0v) is 10.9. The lowest BCUT2D eigenvalue weighted by Crippen LogP contribution is -2.42. The van der Waals surface area contributed by atoms with Gasteiger partial charge in [0.05, 0.1) is 19.6 Å². The van der Waals surface area contributed by atoms with E-state index in [0.717, 1.165) is 6.42 Å². The minimum Gasteiger partial charge on any atom is -0.481 e. The fourth-order valence-electron chi connectivity index (χ4n) is 1.24. The fraction of sp³-hybridized carbons (Fsp3) is 0.667. The molecule has 0 aliphatic rings. The largest absolute Gasteiger partial charge is 0.481 e. The number of amides is 2. The van der Waals surface area contributed by atoms with Crippen LogP contribution in [0.2, 0.25) is 0 Å². The number of carboxylic acid groups (broad SMARTS) is 1. The van der Waals surface area contributed by atoms with Crippen LogP contribution in [0.15, 0.2) is 12.7 Å². The molecule has 6 nitrogen and oxygen atoms in total. The van der Waals surface area contributed by atoms with Gasteiger partial charge in [0, 0.05) is 19.6 Å². The van der Waals surface area contributed by atoms with Crippen LogP contribution in [0.25, 0.3) is 0 Å². The molecule has 0 atom stereocenters. The standard InChI is InChI=1S/C12H22N2O4/c1-3-5-9-18-10-7-13-12(17)14(4-2)8-6-11(15)16/h3H,1,4-10H2,2H3,(H,13,17)(H,15,16). The first-order chi connectivity index (χ1) is 8.61. The van der Waals surface area contributed by atoms with Gasteiger partial charge in [-0.2, -0.15) is 0 Å². The maximum Gasteiger partial charge on any atom is 0.317 e. The third-order valence-corrected chi connectivity index (χ3v) is 2.25. The summed E-state index contributed by atoms with van der Waals surface area (Å²) >= 11 is 0. The number of hydrogen-bond donors (Lipinski definition) is 2. The Bertz CT molecular complexity index is 269. The number of aliphatic carboxylic acids is 1. The topological polar surface area (TPSA) is 78.9 Å². The van der Waals surface area contributed by atoms with Crippen molar-refractivity contribution in [1.82, 2.24) is 10.2 Å². The van der Waals surface area contributed by atoms with Gasteiger partial charge in [-0.25, -0.2) is 4.79 Å². The smallest absolute Gasteiger partial charge is 0.317 e. The second kappa shape index (κ2) is 10.6. The first kappa shape index (κ1) is 16.4. The number of urea groups is 1. The highest BCUT2D eigenvalue weighted by Crippen LogP contribution is 1.92. The third-order valence-electron chi connectivity index (χ3n) is 2.25. The maximum absolute atomic E-state index is 11.6. The molecule has 0 saturated heterocycles. The molecule has 104 valence electrons. The van der Waals surface area contributed by atoms with E-state index in [4.69, 9.17) is 9.84 Å². The third kappa shape index (κ3) is 8.58. The quantitative estimate of drug-likeness (QED) is 0.454. The number of carbonyl (C=O) groups excluding carboxylic acids is 1. The van der Waals surface area contributed by atoms with Crippen LogP contribution in [0.1, 0.15) is 19.8 Å². The van der Waals surface area contributed by atoms with Crippen LogP contribution in [0, 0.1) is 0 Å². The molecule has 0 fully saturated rings. The highest BCUT2D eigenvalue weighted by molar-refractivity contribution is 5.75. The SMILES string of the molecule is C=CCCOCCNC(=O)N(CC)CCC(=O)O. The zero-order valence-electron chi connectivity index (χ0n) is 10.9. The van der Waals surface area contributed by atoms with Crippen molar-refractivity contribution < 1.29 is 19.4 Å². The van der Waals surface area contributed by atoms with Gasteiger partial charge >= 0.3 is 12.0 Å². The Morgan fingerprint density at radius 3 is 2.72 bits per heavy atom. The summed E-state index contributed by atoms with van der Waals surface area (Å²) in [5.74, 6) is -0.908. The number of ether oxygens (including phenoxy) is 1. The lowest BCUT2D eigenvalue weighted by Gasteiger charge is -2.20. The summed E-state index contributed by atoms with van der Waals surface area (Å²) in [5.41, 5.74) is 0. The molecule has 0 saturated carbocycles. The summed E-state index contributed by atoms with van der Waals surface area (Å²) < 4.78 is 5.24. The molecule has 2 amide bonds. The van der Waals surface area contributed by atoms with Crippen molar-refractivity contribution >= 4 is 12.0 Å². The van der Waals surface area contributed by atoms with Crippen molar-refractivity contribution in [1.29, 1.82) is 0 Å². The molecule has 0 radical (unpaired) electrons. The summed E-state index contributed by atoms with van der Waals surface area (Å²) in [6.07, 6.45) is 2.51. The molecule has 0 unspecified atom stereocenters. The van der Waals surface area contributed by atoms with Gasteiger partial charge in [0.1, 0.15) is 0 Å². The minimum absolute atomic E-state index is 0.0445. The molecule has 0 aliphatic heterocycles. The molecule has 18 heavy (non-hydrogen) atoms. The van der Waals surface area contributed by atoms with Crippen molar-refractivity contribution in [2.24, 2.45) is 0 Å². The Kier molecular flexibility index (Phi) is 9.67. The predicted octanol–water partition coefficient (Wildman–Crippen LogP) is 1.09. The number of carboxylic acids is 1. The summed E-state index contributed by atoms with van der Waals surface area (Å²) in [4.78, 5) is 23.5. The Labute approximate surface area is 108 Å². The summed E-state index contributed by atoms with van der Waals surface area (Å²) in [7, 11) is 0. The second-order valence-electron chi connectivity index (χ2n) is 3.65. The Morgan fingerprint density at radius 2 is 2.17 bits per heavy atom. The summed E-state index contributed by atoms with van der Waals surface area (Å²) in [5, 5.41) is 11.2. The molecule has 0 aromatic rings. The first-order valence-corrected chi connectivity index (χ1v) is 6.05. The molecule has 0 aromatic carbocycles. The van der Waals surface area contributed by atoms with Gasteiger partial charge in [0.2, 0.25) is 0 Å². The van der Waals surface area contributed by atoms with E-state index in [1.54, 1.807) is 6.08 Å². The Balaban J connectivity index is 3.69. The number of nitrogens with one attached hydrogen (secondary N) is 1. The van der Waals surface area contributed by atoms with Crippen molar-refractivity contribution in [3.05, 3.63) is 12.7 Å². The molecule has 0 rings (SSSR count). The van der Waals surface area contributed by atoms with Crippen molar-refractivity contribution in [2.75, 3.05) is 32.8 Å². The van der Waals surface area contributed by atoms with Crippen LogP contribution in [-0.2, 0) is 9.53 Å². The zero-order chi connectivity index (χ0) is 13.8. The molecule has 0 heterocycles. The van der Waals surface area contributed by atoms with Gasteiger partial charge in [-0.05, 0) is 13.3 Å². The highest BCUT2D eigenvalue weighted by atomic mass is 16.5. The summed E-state index contributed by atoms with van der Waals surface area (Å²) in [6, 6.07) is -0.258. The van der Waals surface area contributed by atoms with Crippen LogP contribution in [-0.4, -0.2) is 54.9 Å². The molecular formula is C12H22N2O4. The van der Waals surface area contributed by atoms with Gasteiger partial charge in [0.25, 0.3) is 0 Å². The van der Waals surface area contributed by atoms with Gasteiger partial charge < -0.3 is 20.1 Å². The highest BCUT2D eigenvalue weighted by Gasteiger charge is 2.11. The lowest BCUT2D eigenvalue weighted by atomic mass is 10.4. The van der Waals surface area contributed by atoms with Crippen LogP contribution in [0.4, 0.5) is 4.79 Å². The average Bonchev–Trinajstić information content (AvgIpc) is 2.34. The van der Waals surface area contributed by atoms with Crippen molar-refractivity contribution in [3.8, 4) is 0 Å². The van der Waals surface area contributed by atoms with E-state index < -0.39 is 5.97 Å². The number of hydrogen-bond acceptors (Lipinski definition) is 3. The van der Waals surface area contributed by atoms with Crippen molar-refractivity contribution in [2.45, 2.75) is 19.8 Å². The molecule has 0 bridgehead atoms. The van der Waals surface area contributed by atoms with Crippen LogP contribution < -0.4 is 5.32 Å². The van der Waals surface area contributed by atoms with E-state index in [0.29, 0.717) is 26.3 Å². The fourth-order valence-corrected chi connectivity index (χ4v) is 1.24. The van der Waals surface area contributed by atoms with Gasteiger partial charge in [0.15, 0.2) is 0 Å². The Hall–Kier alpha value is -1.56. The lowest BCUT2D eigenvalue weighted by molar-refractivity contribution is -0.137. The molecule has 2 N–H and O–H groups in total. The number of carbonyl (C=O) groups is 2.